The fourth-order valence-corrected chi connectivity index (χ4v) is 2.95. The minimum absolute atomic E-state index is 0.0941. The maximum atomic E-state index is 12.6. The van der Waals surface area contributed by atoms with Gasteiger partial charge in [0.1, 0.15) is 11.5 Å². The number of aliphatic hydroxyl groups is 1. The van der Waals surface area contributed by atoms with E-state index in [2.05, 4.69) is 15.3 Å². The van der Waals surface area contributed by atoms with Gasteiger partial charge in [-0.25, -0.2) is 9.97 Å². The second-order valence-electron chi connectivity index (χ2n) is 6.00. The van der Waals surface area contributed by atoms with Crippen LogP contribution in [0.5, 0.6) is 0 Å². The monoisotopic (exact) mass is 331 g/mol. The Bertz CT molecular complexity index is 748. The molecule has 1 amide bonds. The van der Waals surface area contributed by atoms with Gasteiger partial charge in [0, 0.05) is 12.3 Å². The third-order valence-corrected chi connectivity index (χ3v) is 4.26. The van der Waals surface area contributed by atoms with Gasteiger partial charge in [0.15, 0.2) is 0 Å². The summed E-state index contributed by atoms with van der Waals surface area (Å²) in [6.45, 7) is 3.89. The lowest BCUT2D eigenvalue weighted by atomic mass is 10.1. The van der Waals surface area contributed by atoms with E-state index in [0.717, 1.165) is 11.1 Å². The lowest BCUT2D eigenvalue weighted by Crippen LogP contribution is -2.34. The highest BCUT2D eigenvalue weighted by Gasteiger charge is 2.32. The van der Waals surface area contributed by atoms with Gasteiger partial charge in [-0.1, -0.05) is 49.7 Å². The number of fused-ring (bicyclic) bond motifs is 1. The van der Waals surface area contributed by atoms with E-state index in [1.54, 1.807) is 0 Å². The molecule has 1 aliphatic carbocycles. The first-order valence-electron chi connectivity index (χ1n) is 7.56. The van der Waals surface area contributed by atoms with Gasteiger partial charge in [-0.15, -0.1) is 0 Å². The molecule has 6 heteroatoms. The van der Waals surface area contributed by atoms with Crippen molar-refractivity contribution in [3.05, 3.63) is 58.1 Å². The Kier molecular flexibility index (Phi) is 4.33. The minimum Gasteiger partial charge on any atom is -0.390 e. The number of benzene rings is 1. The number of hydrogen-bond donors (Lipinski definition) is 2. The molecule has 0 bridgehead atoms. The Hall–Kier alpha value is -1.98. The molecule has 0 saturated heterocycles. The first-order chi connectivity index (χ1) is 11.0. The fraction of sp³-hybridized carbons (Fsp3) is 0.353. The number of hydrogen-bond acceptors (Lipinski definition) is 4. The van der Waals surface area contributed by atoms with Crippen LogP contribution in [0.1, 0.15) is 53.2 Å². The maximum absolute atomic E-state index is 12.6. The molecule has 2 N–H and O–H groups in total. The zero-order valence-corrected chi connectivity index (χ0v) is 13.7. The molecule has 2 atom stereocenters. The number of amides is 1. The average molecular weight is 332 g/mol. The molecule has 2 unspecified atom stereocenters. The number of rotatable bonds is 3. The highest BCUT2D eigenvalue weighted by Crippen LogP contribution is 2.31. The third kappa shape index (κ3) is 3.07. The molecule has 5 nitrogen and oxygen atoms in total. The zero-order valence-electron chi connectivity index (χ0n) is 13.0. The Morgan fingerprint density at radius 1 is 1.39 bits per heavy atom. The highest BCUT2D eigenvalue weighted by atomic mass is 35.5. The number of carbonyl (C=O) groups excluding carboxylic acids is 1. The van der Waals surface area contributed by atoms with Gasteiger partial charge in [0.25, 0.3) is 5.91 Å². The predicted molar refractivity (Wildman–Crippen MR) is 87.5 cm³/mol. The fourth-order valence-electron chi connectivity index (χ4n) is 2.78. The van der Waals surface area contributed by atoms with Crippen LogP contribution in [0.15, 0.2) is 30.5 Å². The Labute approximate surface area is 139 Å². The van der Waals surface area contributed by atoms with E-state index in [1.165, 1.54) is 6.20 Å². The summed E-state index contributed by atoms with van der Waals surface area (Å²) in [4.78, 5) is 20.9. The van der Waals surface area contributed by atoms with Crippen molar-refractivity contribution in [1.82, 2.24) is 15.3 Å². The van der Waals surface area contributed by atoms with Crippen LogP contribution >= 0.6 is 11.6 Å². The highest BCUT2D eigenvalue weighted by molar-refractivity contribution is 6.33. The van der Waals surface area contributed by atoms with Gasteiger partial charge in [-0.3, -0.25) is 4.79 Å². The summed E-state index contributed by atoms with van der Waals surface area (Å²) in [7, 11) is 0. The quantitative estimate of drug-likeness (QED) is 0.906. The topological polar surface area (TPSA) is 75.1 Å². The summed E-state index contributed by atoms with van der Waals surface area (Å²) in [6, 6.07) is 7.24. The van der Waals surface area contributed by atoms with Crippen molar-refractivity contribution in [3.63, 3.8) is 0 Å². The molecule has 23 heavy (non-hydrogen) atoms. The normalized spacial score (nSPS) is 19.7. The van der Waals surface area contributed by atoms with E-state index < -0.39 is 18.1 Å². The first-order valence-corrected chi connectivity index (χ1v) is 7.94. The number of carbonyl (C=O) groups is 1. The van der Waals surface area contributed by atoms with Crippen LogP contribution in [-0.4, -0.2) is 27.1 Å². The van der Waals surface area contributed by atoms with Crippen molar-refractivity contribution in [2.45, 2.75) is 38.3 Å². The molecule has 0 spiro atoms. The standard InChI is InChI=1S/C17H18ClN3O2/c1-9(2)16-19-8-12(18)15(20-16)17(23)21-14-11-6-4-3-5-10(11)7-13(14)22/h3-6,8-9,13-14,22H,7H2,1-2H3,(H,21,23). The SMILES string of the molecule is CC(C)c1ncc(Cl)c(C(=O)NC2c3ccccc3CC2O)n1. The lowest BCUT2D eigenvalue weighted by molar-refractivity contribution is 0.0853. The van der Waals surface area contributed by atoms with Crippen LogP contribution in [0.2, 0.25) is 5.02 Å². The van der Waals surface area contributed by atoms with Gasteiger partial charge in [0.05, 0.1) is 23.4 Å². The summed E-state index contributed by atoms with van der Waals surface area (Å²) in [6.07, 6.45) is 1.31. The third-order valence-electron chi connectivity index (χ3n) is 3.98. The molecule has 0 fully saturated rings. The Balaban J connectivity index is 1.87. The van der Waals surface area contributed by atoms with Crippen LogP contribution in [0.4, 0.5) is 0 Å². The average Bonchev–Trinajstić information content (AvgIpc) is 2.83. The molecule has 1 heterocycles. The van der Waals surface area contributed by atoms with Crippen molar-refractivity contribution in [2.75, 3.05) is 0 Å². The largest absolute Gasteiger partial charge is 0.390 e. The molecule has 0 aliphatic heterocycles. The zero-order chi connectivity index (χ0) is 16.6. The minimum atomic E-state index is -0.651. The second-order valence-corrected chi connectivity index (χ2v) is 6.41. The molecule has 2 aromatic rings. The van der Waals surface area contributed by atoms with Crippen molar-refractivity contribution in [1.29, 1.82) is 0 Å². The van der Waals surface area contributed by atoms with Gasteiger partial charge in [-0.05, 0) is 11.1 Å². The van der Waals surface area contributed by atoms with Crippen molar-refractivity contribution in [2.24, 2.45) is 0 Å². The number of nitrogens with one attached hydrogen (secondary N) is 1. The predicted octanol–water partition coefficient (Wildman–Crippen LogP) is 2.64. The summed E-state index contributed by atoms with van der Waals surface area (Å²) in [5, 5.41) is 13.3. The molecule has 0 saturated carbocycles. The molecular formula is C17H18ClN3O2. The van der Waals surface area contributed by atoms with E-state index >= 15 is 0 Å². The number of halogens is 1. The summed E-state index contributed by atoms with van der Waals surface area (Å²) in [5.41, 5.74) is 2.12. The van der Waals surface area contributed by atoms with Crippen LogP contribution in [0.25, 0.3) is 0 Å². The van der Waals surface area contributed by atoms with Crippen LogP contribution in [0, 0.1) is 0 Å². The van der Waals surface area contributed by atoms with E-state index in [1.807, 2.05) is 38.1 Å². The Morgan fingerprint density at radius 2 is 2.13 bits per heavy atom. The van der Waals surface area contributed by atoms with Crippen LogP contribution in [-0.2, 0) is 6.42 Å². The molecule has 1 aromatic heterocycles. The number of aromatic nitrogens is 2. The van der Waals surface area contributed by atoms with Gasteiger partial charge in [0.2, 0.25) is 0 Å². The van der Waals surface area contributed by atoms with Crippen LogP contribution < -0.4 is 5.32 Å². The molecule has 1 aliphatic rings. The van der Waals surface area contributed by atoms with Gasteiger partial charge >= 0.3 is 0 Å². The van der Waals surface area contributed by atoms with E-state index in [4.69, 9.17) is 11.6 Å². The van der Waals surface area contributed by atoms with Crippen LogP contribution in [0.3, 0.4) is 0 Å². The van der Waals surface area contributed by atoms with E-state index in [0.29, 0.717) is 12.2 Å². The summed E-state index contributed by atoms with van der Waals surface area (Å²) in [5.74, 6) is 0.253. The smallest absolute Gasteiger partial charge is 0.272 e. The summed E-state index contributed by atoms with van der Waals surface area (Å²) < 4.78 is 0. The van der Waals surface area contributed by atoms with E-state index in [-0.39, 0.29) is 16.6 Å². The molecule has 120 valence electrons. The van der Waals surface area contributed by atoms with Gasteiger partial charge in [-0.2, -0.15) is 0 Å². The molecule has 3 rings (SSSR count). The maximum Gasteiger partial charge on any atom is 0.272 e. The summed E-state index contributed by atoms with van der Waals surface area (Å²) >= 11 is 6.07. The molecular weight excluding hydrogens is 314 g/mol. The molecule has 0 radical (unpaired) electrons. The number of nitrogens with zero attached hydrogens (tertiary/aromatic N) is 2. The lowest BCUT2D eigenvalue weighted by Gasteiger charge is -2.18. The van der Waals surface area contributed by atoms with E-state index in [9.17, 15) is 9.90 Å². The van der Waals surface area contributed by atoms with Crippen molar-refractivity contribution < 1.29 is 9.90 Å². The van der Waals surface area contributed by atoms with Gasteiger partial charge < -0.3 is 10.4 Å². The number of aliphatic hydroxyl groups excluding tert-OH is 1. The van der Waals surface area contributed by atoms with Crippen molar-refractivity contribution in [3.8, 4) is 0 Å². The Morgan fingerprint density at radius 3 is 2.87 bits per heavy atom. The van der Waals surface area contributed by atoms with Crippen molar-refractivity contribution >= 4 is 17.5 Å². The first kappa shape index (κ1) is 15.9. The second kappa shape index (κ2) is 6.26. The molecule has 1 aromatic carbocycles.